The summed E-state index contributed by atoms with van der Waals surface area (Å²) in [5.41, 5.74) is 6.30. The first kappa shape index (κ1) is 23.4. The lowest BCUT2D eigenvalue weighted by molar-refractivity contribution is -0.118. The fourth-order valence-corrected chi connectivity index (χ4v) is 3.48. The van der Waals surface area contributed by atoms with Crippen LogP contribution in [-0.2, 0) is 21.2 Å². The predicted molar refractivity (Wildman–Crippen MR) is 121 cm³/mol. The van der Waals surface area contributed by atoms with E-state index >= 15 is 0 Å². The van der Waals surface area contributed by atoms with Crippen LogP contribution in [0, 0.1) is 11.6 Å². The summed E-state index contributed by atoms with van der Waals surface area (Å²) in [6, 6.07) is 11.5. The number of nitrogens with zero attached hydrogens (tertiary/aromatic N) is 1. The summed E-state index contributed by atoms with van der Waals surface area (Å²) in [4.78, 5) is 24.3. The van der Waals surface area contributed by atoms with E-state index in [0.717, 1.165) is 17.7 Å². The first-order chi connectivity index (χ1) is 14.6. The lowest BCUT2D eigenvalue weighted by Gasteiger charge is -2.18. The van der Waals surface area contributed by atoms with E-state index in [9.17, 15) is 18.4 Å². The topological polar surface area (TPSA) is 74.3 Å². The summed E-state index contributed by atoms with van der Waals surface area (Å²) >= 11 is 12.6. The van der Waals surface area contributed by atoms with E-state index in [1.54, 1.807) is 24.3 Å². The Morgan fingerprint density at radius 1 is 1.16 bits per heavy atom. The van der Waals surface area contributed by atoms with E-state index in [4.69, 9.17) is 22.1 Å². The van der Waals surface area contributed by atoms with Crippen molar-refractivity contribution in [3.8, 4) is 5.75 Å². The van der Waals surface area contributed by atoms with Gasteiger partial charge in [0.1, 0.15) is 29.0 Å². The molecule has 0 radical (unpaired) electrons. The van der Waals surface area contributed by atoms with Crippen LogP contribution in [0.1, 0.15) is 16.7 Å². The van der Waals surface area contributed by atoms with Gasteiger partial charge in [0.15, 0.2) is 3.23 Å². The molecule has 0 atom stereocenters. The van der Waals surface area contributed by atoms with Gasteiger partial charge in [0.2, 0.25) is 5.91 Å². The van der Waals surface area contributed by atoms with Crippen LogP contribution in [0.15, 0.2) is 59.5 Å². The minimum atomic E-state index is -1.23. The van der Waals surface area contributed by atoms with E-state index in [2.05, 4.69) is 31.9 Å². The summed E-state index contributed by atoms with van der Waals surface area (Å²) in [6.07, 6.45) is 1.49. The number of ether oxygens (including phenoxy) is 1. The standard InChI is InChI=1S/C21H15Br2ClF2N2O3/c22-21(23,20(27)30)14-3-1-2-12(8-14)10-28-7-6-17(18(24)19(28)29)31-11-13-4-5-15(25)9-16(13)26/h1-9H,10-11H2,(H2,27,30). The summed E-state index contributed by atoms with van der Waals surface area (Å²) in [7, 11) is 0. The highest BCUT2D eigenvalue weighted by Gasteiger charge is 2.32. The van der Waals surface area contributed by atoms with Crippen molar-refractivity contribution < 1.29 is 18.3 Å². The zero-order chi connectivity index (χ0) is 22.8. The lowest BCUT2D eigenvalue weighted by atomic mass is 10.1. The zero-order valence-corrected chi connectivity index (χ0v) is 19.7. The van der Waals surface area contributed by atoms with Crippen molar-refractivity contribution in [3.63, 3.8) is 0 Å². The molecule has 0 fully saturated rings. The SMILES string of the molecule is NC(=O)C(Br)(Br)c1cccc(Cn2ccc(OCc3ccc(F)cc3F)c(Cl)c2=O)c1. The maximum absolute atomic E-state index is 13.8. The number of hydrogen-bond acceptors (Lipinski definition) is 3. The fraction of sp³-hybridized carbons (Fsp3) is 0.143. The lowest BCUT2D eigenvalue weighted by Crippen LogP contribution is -2.30. The Labute approximate surface area is 198 Å². The molecule has 1 aromatic heterocycles. The number of amides is 1. The molecule has 31 heavy (non-hydrogen) atoms. The molecule has 1 heterocycles. The summed E-state index contributed by atoms with van der Waals surface area (Å²) in [5.74, 6) is -1.99. The molecular formula is C21H15Br2ClF2N2O3. The summed E-state index contributed by atoms with van der Waals surface area (Å²) in [5, 5.41) is -0.173. The normalized spacial score (nSPS) is 11.4. The molecule has 0 aliphatic carbocycles. The maximum Gasteiger partial charge on any atom is 0.273 e. The van der Waals surface area contributed by atoms with Gasteiger partial charge in [0.05, 0.1) is 6.54 Å². The van der Waals surface area contributed by atoms with Gasteiger partial charge in [-0.25, -0.2) is 8.78 Å². The van der Waals surface area contributed by atoms with Crippen LogP contribution in [0.5, 0.6) is 5.75 Å². The van der Waals surface area contributed by atoms with Crippen LogP contribution >= 0.6 is 43.5 Å². The second kappa shape index (κ2) is 9.50. The second-order valence-corrected chi connectivity index (χ2v) is 10.4. The molecule has 162 valence electrons. The fourth-order valence-electron chi connectivity index (χ4n) is 2.76. The Morgan fingerprint density at radius 3 is 2.58 bits per heavy atom. The first-order valence-corrected chi connectivity index (χ1v) is 10.8. The van der Waals surface area contributed by atoms with Gasteiger partial charge in [-0.15, -0.1) is 0 Å². The van der Waals surface area contributed by atoms with Gasteiger partial charge in [-0.05, 0) is 29.3 Å². The van der Waals surface area contributed by atoms with E-state index in [0.29, 0.717) is 5.56 Å². The van der Waals surface area contributed by atoms with Gasteiger partial charge < -0.3 is 15.0 Å². The summed E-state index contributed by atoms with van der Waals surface area (Å²) in [6.45, 7) is -0.0445. The third kappa shape index (κ3) is 5.34. The molecule has 0 spiro atoms. The quantitative estimate of drug-likeness (QED) is 0.410. The van der Waals surface area contributed by atoms with Crippen LogP contribution in [-0.4, -0.2) is 10.5 Å². The molecule has 0 unspecified atom stereocenters. The number of aromatic nitrogens is 1. The van der Waals surface area contributed by atoms with Gasteiger partial charge in [-0.2, -0.15) is 0 Å². The average molecular weight is 577 g/mol. The smallest absolute Gasteiger partial charge is 0.273 e. The average Bonchev–Trinajstić information content (AvgIpc) is 2.72. The van der Waals surface area contributed by atoms with Crippen molar-refractivity contribution in [2.24, 2.45) is 5.73 Å². The van der Waals surface area contributed by atoms with Crippen molar-refractivity contribution in [3.05, 3.63) is 98.4 Å². The number of alkyl halides is 2. The van der Waals surface area contributed by atoms with Crippen molar-refractivity contribution in [1.82, 2.24) is 4.57 Å². The van der Waals surface area contributed by atoms with Crippen LogP contribution in [0.25, 0.3) is 0 Å². The Bertz CT molecular complexity index is 1200. The third-order valence-electron chi connectivity index (χ3n) is 4.42. The number of primary amides is 1. The van der Waals surface area contributed by atoms with Crippen molar-refractivity contribution in [1.29, 1.82) is 0 Å². The number of hydrogen-bond donors (Lipinski definition) is 1. The van der Waals surface area contributed by atoms with E-state index < -0.39 is 26.3 Å². The highest BCUT2D eigenvalue weighted by atomic mass is 79.9. The molecule has 1 amide bonds. The van der Waals surface area contributed by atoms with Gasteiger partial charge in [0.25, 0.3) is 5.56 Å². The second-order valence-electron chi connectivity index (χ2n) is 6.59. The Kier molecular flexibility index (Phi) is 7.18. The number of benzene rings is 2. The highest BCUT2D eigenvalue weighted by molar-refractivity contribution is 9.25. The molecule has 2 aromatic carbocycles. The van der Waals surface area contributed by atoms with Crippen molar-refractivity contribution in [2.75, 3.05) is 0 Å². The number of nitrogens with two attached hydrogens (primary N) is 1. The molecule has 0 saturated carbocycles. The number of halogens is 5. The van der Waals surface area contributed by atoms with Crippen LogP contribution < -0.4 is 16.0 Å². The zero-order valence-electron chi connectivity index (χ0n) is 15.7. The van der Waals surface area contributed by atoms with Gasteiger partial charge in [0, 0.05) is 17.8 Å². The molecule has 3 rings (SSSR count). The third-order valence-corrected chi connectivity index (χ3v) is 6.47. The van der Waals surface area contributed by atoms with E-state index in [1.165, 1.54) is 22.9 Å². The van der Waals surface area contributed by atoms with E-state index in [-0.39, 0.29) is 29.5 Å². The number of rotatable bonds is 7. The van der Waals surface area contributed by atoms with Crippen molar-refractivity contribution in [2.45, 2.75) is 16.4 Å². The Hall–Kier alpha value is -2.23. The molecule has 0 aliphatic heterocycles. The van der Waals surface area contributed by atoms with Gasteiger partial charge >= 0.3 is 0 Å². The molecular weight excluding hydrogens is 561 g/mol. The van der Waals surface area contributed by atoms with Crippen LogP contribution in [0.3, 0.4) is 0 Å². The highest BCUT2D eigenvalue weighted by Crippen LogP contribution is 2.38. The molecule has 0 saturated heterocycles. The Morgan fingerprint density at radius 2 is 1.90 bits per heavy atom. The Balaban J connectivity index is 1.80. The van der Waals surface area contributed by atoms with Crippen LogP contribution in [0.2, 0.25) is 5.02 Å². The van der Waals surface area contributed by atoms with Crippen molar-refractivity contribution >= 4 is 49.4 Å². The van der Waals surface area contributed by atoms with Crippen LogP contribution in [0.4, 0.5) is 8.78 Å². The molecule has 2 N–H and O–H groups in total. The molecule has 5 nitrogen and oxygen atoms in total. The number of pyridine rings is 1. The van der Waals surface area contributed by atoms with Gasteiger partial charge in [-0.3, -0.25) is 9.59 Å². The monoisotopic (exact) mass is 574 g/mol. The van der Waals surface area contributed by atoms with E-state index in [1.807, 2.05) is 0 Å². The predicted octanol–water partition coefficient (Wildman–Crippen LogP) is 4.84. The molecule has 3 aromatic rings. The minimum absolute atomic E-state index is 0.0778. The maximum atomic E-state index is 13.8. The molecule has 10 heteroatoms. The summed E-state index contributed by atoms with van der Waals surface area (Å²) < 4.78 is 32.3. The number of carbonyl (C=O) groups excluding carboxylic acids is 1. The largest absolute Gasteiger partial charge is 0.487 e. The molecule has 0 aliphatic rings. The first-order valence-electron chi connectivity index (χ1n) is 8.82. The number of carbonyl (C=O) groups is 1. The minimum Gasteiger partial charge on any atom is -0.487 e. The molecule has 0 bridgehead atoms. The van der Waals surface area contributed by atoms with Gasteiger partial charge in [-0.1, -0.05) is 67.7 Å².